The minimum Gasteiger partial charge on any atom is -0.497 e. The number of amides is 1. The number of hydrogen-bond acceptors (Lipinski definition) is 4. The summed E-state index contributed by atoms with van der Waals surface area (Å²) >= 11 is 0. The van der Waals surface area contributed by atoms with Crippen LogP contribution in [0.3, 0.4) is 0 Å². The molecule has 0 heterocycles. The van der Waals surface area contributed by atoms with E-state index in [9.17, 15) is 13.2 Å². The number of carbonyl (C=O) groups excluding carboxylic acids is 1. The van der Waals surface area contributed by atoms with Crippen LogP contribution in [0.1, 0.15) is 29.3 Å². The third kappa shape index (κ3) is 7.40. The van der Waals surface area contributed by atoms with E-state index in [0.29, 0.717) is 17.7 Å². The number of carbonyl (C=O) groups is 1. The van der Waals surface area contributed by atoms with Crippen molar-refractivity contribution in [3.05, 3.63) is 65.7 Å². The molecule has 0 saturated heterocycles. The van der Waals surface area contributed by atoms with Crippen molar-refractivity contribution < 1.29 is 17.9 Å². The lowest BCUT2D eigenvalue weighted by atomic mass is 10.1. The fourth-order valence-corrected chi connectivity index (χ4v) is 3.82. The van der Waals surface area contributed by atoms with E-state index in [0.717, 1.165) is 6.42 Å². The standard InChI is InChI=1S/C20H26N2O4S/c1-16(8-9-17-6-4-3-5-7-17)22-27(24,25)15-14-21-20(23)18-10-12-19(26-2)13-11-18/h3-7,10-13,16,22H,8-9,14-15H2,1-2H3,(H,21,23)/t16-/m1/s1. The molecule has 7 heteroatoms. The van der Waals surface area contributed by atoms with Crippen molar-refractivity contribution in [3.63, 3.8) is 0 Å². The van der Waals surface area contributed by atoms with Gasteiger partial charge in [-0.25, -0.2) is 13.1 Å². The van der Waals surface area contributed by atoms with E-state index in [1.165, 1.54) is 5.56 Å². The molecule has 0 aliphatic carbocycles. The van der Waals surface area contributed by atoms with Gasteiger partial charge in [-0.15, -0.1) is 0 Å². The van der Waals surface area contributed by atoms with Crippen LogP contribution < -0.4 is 14.8 Å². The van der Waals surface area contributed by atoms with Gasteiger partial charge in [0.25, 0.3) is 5.91 Å². The third-order valence-electron chi connectivity index (χ3n) is 4.10. The van der Waals surface area contributed by atoms with E-state index in [1.54, 1.807) is 31.4 Å². The normalized spacial score (nSPS) is 12.4. The quantitative estimate of drug-likeness (QED) is 0.652. The largest absolute Gasteiger partial charge is 0.497 e. The number of methoxy groups -OCH3 is 1. The molecule has 2 N–H and O–H groups in total. The summed E-state index contributed by atoms with van der Waals surface area (Å²) in [6.45, 7) is 1.89. The molecule has 0 aliphatic rings. The van der Waals surface area contributed by atoms with Crippen LogP contribution in [-0.4, -0.2) is 39.8 Å². The van der Waals surface area contributed by atoms with Gasteiger partial charge in [0, 0.05) is 18.2 Å². The highest BCUT2D eigenvalue weighted by Crippen LogP contribution is 2.11. The molecule has 0 aromatic heterocycles. The van der Waals surface area contributed by atoms with Gasteiger partial charge in [0.15, 0.2) is 0 Å². The zero-order valence-electron chi connectivity index (χ0n) is 15.6. The van der Waals surface area contributed by atoms with Gasteiger partial charge >= 0.3 is 0 Å². The summed E-state index contributed by atoms with van der Waals surface area (Å²) in [6, 6.07) is 16.4. The Balaban J connectivity index is 1.74. The zero-order chi connectivity index (χ0) is 19.7. The van der Waals surface area contributed by atoms with Crippen LogP contribution in [0.2, 0.25) is 0 Å². The van der Waals surface area contributed by atoms with E-state index >= 15 is 0 Å². The van der Waals surface area contributed by atoms with Crippen molar-refractivity contribution in [1.82, 2.24) is 10.0 Å². The highest BCUT2D eigenvalue weighted by atomic mass is 32.2. The minimum atomic E-state index is -3.46. The SMILES string of the molecule is COc1ccc(C(=O)NCCS(=O)(=O)N[C@H](C)CCc2ccccc2)cc1. The van der Waals surface area contributed by atoms with Gasteiger partial charge in [0.1, 0.15) is 5.75 Å². The van der Waals surface area contributed by atoms with Crippen LogP contribution in [0.4, 0.5) is 0 Å². The fourth-order valence-electron chi connectivity index (χ4n) is 2.60. The van der Waals surface area contributed by atoms with Crippen LogP contribution in [0.5, 0.6) is 5.75 Å². The average molecular weight is 391 g/mol. The number of sulfonamides is 1. The number of hydrogen-bond donors (Lipinski definition) is 2. The van der Waals surface area contributed by atoms with Crippen molar-refractivity contribution >= 4 is 15.9 Å². The molecule has 0 spiro atoms. The van der Waals surface area contributed by atoms with E-state index in [2.05, 4.69) is 10.0 Å². The predicted molar refractivity (Wildman–Crippen MR) is 106 cm³/mol. The van der Waals surface area contributed by atoms with Gasteiger partial charge in [-0.3, -0.25) is 4.79 Å². The van der Waals surface area contributed by atoms with Gasteiger partial charge in [-0.2, -0.15) is 0 Å². The Morgan fingerprint density at radius 3 is 2.37 bits per heavy atom. The summed E-state index contributed by atoms with van der Waals surface area (Å²) in [5.41, 5.74) is 1.63. The lowest BCUT2D eigenvalue weighted by Crippen LogP contribution is -2.38. The van der Waals surface area contributed by atoms with Gasteiger partial charge in [0.2, 0.25) is 10.0 Å². The van der Waals surface area contributed by atoms with E-state index < -0.39 is 10.0 Å². The van der Waals surface area contributed by atoms with Gasteiger partial charge in [-0.1, -0.05) is 30.3 Å². The Hall–Kier alpha value is -2.38. The zero-order valence-corrected chi connectivity index (χ0v) is 16.5. The molecule has 2 aromatic rings. The Kier molecular flexibility index (Phi) is 7.82. The fraction of sp³-hybridized carbons (Fsp3) is 0.350. The molecule has 27 heavy (non-hydrogen) atoms. The van der Waals surface area contributed by atoms with Gasteiger partial charge in [0.05, 0.1) is 12.9 Å². The summed E-state index contributed by atoms with van der Waals surface area (Å²) in [5, 5.41) is 2.62. The molecule has 146 valence electrons. The first-order chi connectivity index (χ1) is 12.9. The van der Waals surface area contributed by atoms with Crippen molar-refractivity contribution in [2.45, 2.75) is 25.8 Å². The molecule has 1 atom stereocenters. The molecule has 0 bridgehead atoms. The second-order valence-electron chi connectivity index (χ2n) is 6.35. The monoisotopic (exact) mass is 390 g/mol. The van der Waals surface area contributed by atoms with Crippen LogP contribution in [0.15, 0.2) is 54.6 Å². The molecule has 2 aromatic carbocycles. The molecule has 0 aliphatic heterocycles. The minimum absolute atomic E-state index is 0.0472. The topological polar surface area (TPSA) is 84.5 Å². The molecule has 0 unspecified atom stereocenters. The Morgan fingerprint density at radius 1 is 1.07 bits per heavy atom. The third-order valence-corrected chi connectivity index (χ3v) is 5.60. The summed E-state index contributed by atoms with van der Waals surface area (Å²) in [6.07, 6.45) is 1.51. The number of benzene rings is 2. The maximum absolute atomic E-state index is 12.2. The Bertz CT molecular complexity index is 821. The van der Waals surface area contributed by atoms with Crippen LogP contribution in [0, 0.1) is 0 Å². The second kappa shape index (κ2) is 10.1. The number of ether oxygens (including phenoxy) is 1. The molecular weight excluding hydrogens is 364 g/mol. The summed E-state index contributed by atoms with van der Waals surface area (Å²) in [4.78, 5) is 12.0. The number of rotatable bonds is 10. The number of nitrogens with one attached hydrogen (secondary N) is 2. The maximum atomic E-state index is 12.2. The van der Waals surface area contributed by atoms with Crippen LogP contribution in [0.25, 0.3) is 0 Å². The molecular formula is C20H26N2O4S. The summed E-state index contributed by atoms with van der Waals surface area (Å²) in [5.74, 6) is 0.178. The van der Waals surface area contributed by atoms with Crippen molar-refractivity contribution in [1.29, 1.82) is 0 Å². The van der Waals surface area contributed by atoms with E-state index in [1.807, 2.05) is 37.3 Å². The predicted octanol–water partition coefficient (Wildman–Crippen LogP) is 2.37. The van der Waals surface area contributed by atoms with Crippen molar-refractivity contribution in [2.75, 3.05) is 19.4 Å². The van der Waals surface area contributed by atoms with Crippen molar-refractivity contribution in [2.24, 2.45) is 0 Å². The Labute approximate surface area is 161 Å². The summed E-state index contributed by atoms with van der Waals surface area (Å²) in [7, 11) is -1.91. The van der Waals surface area contributed by atoms with E-state index in [4.69, 9.17) is 4.74 Å². The van der Waals surface area contributed by atoms with Gasteiger partial charge in [-0.05, 0) is 49.6 Å². The molecule has 0 radical (unpaired) electrons. The molecule has 2 rings (SSSR count). The molecule has 1 amide bonds. The van der Waals surface area contributed by atoms with Gasteiger partial charge < -0.3 is 10.1 Å². The van der Waals surface area contributed by atoms with Crippen molar-refractivity contribution in [3.8, 4) is 5.75 Å². The van der Waals surface area contributed by atoms with Crippen LogP contribution >= 0.6 is 0 Å². The first kappa shape index (κ1) is 20.9. The first-order valence-corrected chi connectivity index (χ1v) is 10.5. The highest BCUT2D eigenvalue weighted by molar-refractivity contribution is 7.89. The average Bonchev–Trinajstić information content (AvgIpc) is 2.66. The van der Waals surface area contributed by atoms with E-state index in [-0.39, 0.29) is 24.2 Å². The lowest BCUT2D eigenvalue weighted by Gasteiger charge is -2.14. The number of aryl methyl sites for hydroxylation is 1. The molecule has 0 saturated carbocycles. The van der Waals surface area contributed by atoms with Crippen LogP contribution in [-0.2, 0) is 16.4 Å². The molecule has 0 fully saturated rings. The Morgan fingerprint density at radius 2 is 1.74 bits per heavy atom. The first-order valence-electron chi connectivity index (χ1n) is 8.86. The summed E-state index contributed by atoms with van der Waals surface area (Å²) < 4.78 is 32.0. The highest BCUT2D eigenvalue weighted by Gasteiger charge is 2.15. The maximum Gasteiger partial charge on any atom is 0.251 e. The molecule has 6 nitrogen and oxygen atoms in total. The lowest BCUT2D eigenvalue weighted by molar-refractivity contribution is 0.0956. The smallest absolute Gasteiger partial charge is 0.251 e. The second-order valence-corrected chi connectivity index (χ2v) is 8.22.